The zero-order valence-corrected chi connectivity index (χ0v) is 12.8. The molecule has 1 nitrogen and oxygen atoms in total. The van der Waals surface area contributed by atoms with Gasteiger partial charge in [-0.15, -0.1) is 0 Å². The molecule has 18 heavy (non-hydrogen) atoms. The van der Waals surface area contributed by atoms with E-state index in [1.807, 2.05) is 24.3 Å². The highest BCUT2D eigenvalue weighted by Gasteiger charge is 2.13. The summed E-state index contributed by atoms with van der Waals surface area (Å²) in [4.78, 5) is 0. The molecule has 0 heterocycles. The van der Waals surface area contributed by atoms with Crippen LogP contribution in [-0.4, -0.2) is 5.11 Å². The molecule has 0 spiro atoms. The van der Waals surface area contributed by atoms with E-state index in [9.17, 15) is 5.11 Å². The van der Waals surface area contributed by atoms with Gasteiger partial charge < -0.3 is 5.11 Å². The molecule has 0 radical (unpaired) electrons. The Balaban J connectivity index is 2.25. The van der Waals surface area contributed by atoms with Gasteiger partial charge in [-0.25, -0.2) is 0 Å². The van der Waals surface area contributed by atoms with Crippen LogP contribution in [0.25, 0.3) is 0 Å². The van der Waals surface area contributed by atoms with Crippen molar-refractivity contribution < 1.29 is 5.11 Å². The van der Waals surface area contributed by atoms with Gasteiger partial charge in [-0.1, -0.05) is 42.5 Å². The number of benzene rings is 2. The van der Waals surface area contributed by atoms with E-state index in [4.69, 9.17) is 0 Å². The Hall–Kier alpha value is -0.870. The predicted octanol–water partition coefficient (Wildman–Crippen LogP) is 4.18. The summed E-state index contributed by atoms with van der Waals surface area (Å²) in [5.74, 6) is 0. The second kappa shape index (κ2) is 5.85. The van der Waals surface area contributed by atoms with Gasteiger partial charge in [-0.3, -0.25) is 0 Å². The van der Waals surface area contributed by atoms with Crippen molar-refractivity contribution in [2.24, 2.45) is 0 Å². The molecule has 2 heteroatoms. The standard InChI is InChI=1S/C16H17IO/c1-11-6-3-4-8-13(11)10-15(18)14-9-5-7-12(2)16(14)17/h3-9,15,18H,10H2,1-2H3. The quantitative estimate of drug-likeness (QED) is 0.822. The van der Waals surface area contributed by atoms with Crippen molar-refractivity contribution in [1.29, 1.82) is 0 Å². The Morgan fingerprint density at radius 2 is 1.67 bits per heavy atom. The Kier molecular flexibility index (Phi) is 4.40. The average molecular weight is 352 g/mol. The Bertz CT molecular complexity index is 549. The molecule has 0 bridgehead atoms. The molecule has 1 atom stereocenters. The lowest BCUT2D eigenvalue weighted by Crippen LogP contribution is -2.05. The largest absolute Gasteiger partial charge is 0.388 e. The van der Waals surface area contributed by atoms with Crippen molar-refractivity contribution in [3.63, 3.8) is 0 Å². The van der Waals surface area contributed by atoms with Crippen molar-refractivity contribution >= 4 is 22.6 Å². The molecule has 2 aromatic rings. The molecule has 0 aliphatic rings. The third kappa shape index (κ3) is 2.93. The summed E-state index contributed by atoms with van der Waals surface area (Å²) in [5.41, 5.74) is 4.69. The lowest BCUT2D eigenvalue weighted by atomic mass is 9.97. The summed E-state index contributed by atoms with van der Waals surface area (Å²) in [5, 5.41) is 10.4. The maximum atomic E-state index is 10.4. The third-order valence-electron chi connectivity index (χ3n) is 3.26. The number of halogens is 1. The molecule has 94 valence electrons. The maximum Gasteiger partial charge on any atom is 0.0840 e. The topological polar surface area (TPSA) is 20.2 Å². The van der Waals surface area contributed by atoms with E-state index < -0.39 is 6.10 Å². The molecule has 0 aliphatic carbocycles. The van der Waals surface area contributed by atoms with Gasteiger partial charge in [0.1, 0.15) is 0 Å². The first-order valence-electron chi connectivity index (χ1n) is 6.07. The van der Waals surface area contributed by atoms with E-state index in [-0.39, 0.29) is 0 Å². The Morgan fingerprint density at radius 1 is 1.00 bits per heavy atom. The molecule has 0 aromatic heterocycles. The number of aryl methyl sites for hydroxylation is 2. The van der Waals surface area contributed by atoms with E-state index in [1.165, 1.54) is 16.7 Å². The van der Waals surface area contributed by atoms with Crippen LogP contribution in [0.2, 0.25) is 0 Å². The molecule has 2 rings (SSSR count). The maximum absolute atomic E-state index is 10.4. The summed E-state index contributed by atoms with van der Waals surface area (Å²) < 4.78 is 1.16. The Morgan fingerprint density at radius 3 is 2.39 bits per heavy atom. The van der Waals surface area contributed by atoms with Crippen LogP contribution in [0.5, 0.6) is 0 Å². The minimum Gasteiger partial charge on any atom is -0.388 e. The smallest absolute Gasteiger partial charge is 0.0840 e. The highest BCUT2D eigenvalue weighted by atomic mass is 127. The summed E-state index contributed by atoms with van der Waals surface area (Å²) >= 11 is 2.31. The van der Waals surface area contributed by atoms with Gasteiger partial charge in [0.2, 0.25) is 0 Å². The molecule has 0 fully saturated rings. The van der Waals surface area contributed by atoms with Gasteiger partial charge in [0.15, 0.2) is 0 Å². The number of aliphatic hydroxyl groups is 1. The van der Waals surface area contributed by atoms with Crippen LogP contribution in [0, 0.1) is 17.4 Å². The van der Waals surface area contributed by atoms with Crippen molar-refractivity contribution in [2.75, 3.05) is 0 Å². The van der Waals surface area contributed by atoms with Crippen LogP contribution in [0.15, 0.2) is 42.5 Å². The summed E-state index contributed by atoms with van der Waals surface area (Å²) in [7, 11) is 0. The second-order valence-corrected chi connectivity index (χ2v) is 5.70. The molecule has 0 aliphatic heterocycles. The van der Waals surface area contributed by atoms with Crippen LogP contribution in [0.1, 0.15) is 28.4 Å². The number of hydrogen-bond acceptors (Lipinski definition) is 1. The van der Waals surface area contributed by atoms with Gasteiger partial charge in [-0.2, -0.15) is 0 Å². The van der Waals surface area contributed by atoms with Crippen molar-refractivity contribution in [3.8, 4) is 0 Å². The predicted molar refractivity (Wildman–Crippen MR) is 83.7 cm³/mol. The van der Waals surface area contributed by atoms with E-state index in [2.05, 4.69) is 54.6 Å². The molecule has 2 aromatic carbocycles. The highest BCUT2D eigenvalue weighted by Crippen LogP contribution is 2.26. The van der Waals surface area contributed by atoms with Gasteiger partial charge >= 0.3 is 0 Å². The fraction of sp³-hybridized carbons (Fsp3) is 0.250. The number of hydrogen-bond donors (Lipinski definition) is 1. The summed E-state index contributed by atoms with van der Waals surface area (Å²) in [6.45, 7) is 4.16. The van der Waals surface area contributed by atoms with Crippen LogP contribution >= 0.6 is 22.6 Å². The Labute approximate surface area is 122 Å². The fourth-order valence-electron chi connectivity index (χ4n) is 2.08. The molecule has 1 unspecified atom stereocenters. The third-order valence-corrected chi connectivity index (χ3v) is 4.73. The molecule has 0 saturated carbocycles. The second-order valence-electron chi connectivity index (χ2n) is 4.62. The molecular weight excluding hydrogens is 335 g/mol. The van der Waals surface area contributed by atoms with Crippen molar-refractivity contribution in [3.05, 3.63) is 68.3 Å². The molecule has 1 N–H and O–H groups in total. The van der Waals surface area contributed by atoms with Crippen LogP contribution in [-0.2, 0) is 6.42 Å². The first-order valence-corrected chi connectivity index (χ1v) is 7.15. The lowest BCUT2D eigenvalue weighted by molar-refractivity contribution is 0.177. The van der Waals surface area contributed by atoms with Gasteiger partial charge in [0, 0.05) is 9.99 Å². The highest BCUT2D eigenvalue weighted by molar-refractivity contribution is 14.1. The van der Waals surface area contributed by atoms with Crippen LogP contribution < -0.4 is 0 Å². The van der Waals surface area contributed by atoms with Gasteiger partial charge in [0.25, 0.3) is 0 Å². The van der Waals surface area contributed by atoms with Crippen molar-refractivity contribution in [2.45, 2.75) is 26.4 Å². The number of rotatable bonds is 3. The number of aliphatic hydroxyl groups excluding tert-OH is 1. The SMILES string of the molecule is Cc1ccccc1CC(O)c1cccc(C)c1I. The van der Waals surface area contributed by atoms with Crippen LogP contribution in [0.3, 0.4) is 0 Å². The zero-order valence-electron chi connectivity index (χ0n) is 10.7. The first kappa shape index (κ1) is 13.6. The minimum absolute atomic E-state index is 0.433. The molecular formula is C16H17IO. The fourth-order valence-corrected chi connectivity index (χ4v) is 2.80. The van der Waals surface area contributed by atoms with Gasteiger partial charge in [0.05, 0.1) is 6.10 Å². The first-order chi connectivity index (χ1) is 8.59. The lowest BCUT2D eigenvalue weighted by Gasteiger charge is -2.15. The zero-order chi connectivity index (χ0) is 13.1. The molecule has 0 amide bonds. The van der Waals surface area contributed by atoms with E-state index in [0.29, 0.717) is 6.42 Å². The normalized spacial score (nSPS) is 12.4. The van der Waals surface area contributed by atoms with E-state index in [1.54, 1.807) is 0 Å². The summed E-state index contributed by atoms with van der Waals surface area (Å²) in [6, 6.07) is 14.3. The van der Waals surface area contributed by atoms with E-state index >= 15 is 0 Å². The van der Waals surface area contributed by atoms with Gasteiger partial charge in [-0.05, 0) is 58.7 Å². The summed E-state index contributed by atoms with van der Waals surface area (Å²) in [6.07, 6.45) is 0.240. The van der Waals surface area contributed by atoms with Crippen molar-refractivity contribution in [1.82, 2.24) is 0 Å². The monoisotopic (exact) mass is 352 g/mol. The van der Waals surface area contributed by atoms with E-state index in [0.717, 1.165) is 9.13 Å². The van der Waals surface area contributed by atoms with Crippen LogP contribution in [0.4, 0.5) is 0 Å². The molecule has 0 saturated heterocycles. The minimum atomic E-state index is -0.433. The average Bonchev–Trinajstić information content (AvgIpc) is 2.35.